The van der Waals surface area contributed by atoms with E-state index in [1.807, 2.05) is 6.07 Å². The molecular formula is C13H15N3O3S. The Morgan fingerprint density at radius 2 is 2.05 bits per heavy atom. The lowest BCUT2D eigenvalue weighted by atomic mass is 10.1. The Balaban J connectivity index is 2.19. The summed E-state index contributed by atoms with van der Waals surface area (Å²) in [7, 11) is -3.59. The summed E-state index contributed by atoms with van der Waals surface area (Å²) in [6.45, 7) is 0.438. The van der Waals surface area contributed by atoms with Gasteiger partial charge < -0.3 is 5.73 Å². The zero-order valence-corrected chi connectivity index (χ0v) is 11.6. The molecule has 1 aliphatic rings. The zero-order chi connectivity index (χ0) is 14.8. The van der Waals surface area contributed by atoms with Crippen LogP contribution in [0.3, 0.4) is 0 Å². The van der Waals surface area contributed by atoms with Crippen LogP contribution in [0.5, 0.6) is 0 Å². The Morgan fingerprint density at radius 1 is 1.40 bits per heavy atom. The predicted molar refractivity (Wildman–Crippen MR) is 71.8 cm³/mol. The number of sulfonamides is 1. The third kappa shape index (κ3) is 2.81. The number of primary amides is 1. The van der Waals surface area contributed by atoms with Crippen molar-refractivity contribution in [1.29, 1.82) is 5.26 Å². The van der Waals surface area contributed by atoms with Gasteiger partial charge in [0.1, 0.15) is 0 Å². The minimum Gasteiger partial charge on any atom is -0.369 e. The van der Waals surface area contributed by atoms with Gasteiger partial charge in [0.2, 0.25) is 15.9 Å². The summed E-state index contributed by atoms with van der Waals surface area (Å²) in [6, 6.07) is 8.22. The van der Waals surface area contributed by atoms with E-state index >= 15 is 0 Å². The quantitative estimate of drug-likeness (QED) is 0.859. The smallest absolute Gasteiger partial charge is 0.243 e. The molecule has 1 saturated heterocycles. The highest BCUT2D eigenvalue weighted by molar-refractivity contribution is 7.89. The number of nitrogens with zero attached hydrogens (tertiary/aromatic N) is 2. The van der Waals surface area contributed by atoms with Crippen molar-refractivity contribution in [2.75, 3.05) is 13.1 Å². The first-order chi connectivity index (χ1) is 9.45. The lowest BCUT2D eigenvalue weighted by molar-refractivity contribution is -0.121. The van der Waals surface area contributed by atoms with E-state index in [2.05, 4.69) is 0 Å². The van der Waals surface area contributed by atoms with Crippen LogP contribution in [0, 0.1) is 17.2 Å². The molecule has 1 aromatic rings. The molecule has 6 nitrogen and oxygen atoms in total. The van der Waals surface area contributed by atoms with Gasteiger partial charge >= 0.3 is 0 Å². The zero-order valence-electron chi connectivity index (χ0n) is 10.8. The van der Waals surface area contributed by atoms with Gasteiger partial charge in [0.15, 0.2) is 0 Å². The summed E-state index contributed by atoms with van der Waals surface area (Å²) in [4.78, 5) is 11.3. The summed E-state index contributed by atoms with van der Waals surface area (Å²) in [5.41, 5.74) is 5.97. The topological polar surface area (TPSA) is 104 Å². The summed E-state index contributed by atoms with van der Waals surface area (Å²) in [6.07, 6.45) is 0.703. The van der Waals surface area contributed by atoms with E-state index < -0.39 is 21.8 Å². The Bertz CT molecular complexity index is 646. The maximum atomic E-state index is 12.4. The van der Waals surface area contributed by atoms with Crippen molar-refractivity contribution in [1.82, 2.24) is 4.31 Å². The fourth-order valence-electron chi connectivity index (χ4n) is 2.20. The van der Waals surface area contributed by atoms with Gasteiger partial charge in [-0.25, -0.2) is 8.42 Å². The molecular weight excluding hydrogens is 278 g/mol. The first kappa shape index (κ1) is 14.5. The van der Waals surface area contributed by atoms with Gasteiger partial charge in [-0.05, 0) is 24.1 Å². The van der Waals surface area contributed by atoms with Crippen LogP contribution in [0.25, 0.3) is 0 Å². The van der Waals surface area contributed by atoms with Gasteiger partial charge in [0, 0.05) is 13.1 Å². The van der Waals surface area contributed by atoms with Crippen LogP contribution in [0.15, 0.2) is 29.2 Å². The molecule has 1 fully saturated rings. The van der Waals surface area contributed by atoms with Crippen LogP contribution in [0.2, 0.25) is 0 Å². The Hall–Kier alpha value is -1.91. The maximum absolute atomic E-state index is 12.4. The SMILES string of the molecule is N#CCc1ccc(S(=O)(=O)N2CCC(C(N)=O)C2)cc1. The van der Waals surface area contributed by atoms with E-state index in [1.54, 1.807) is 12.1 Å². The number of carbonyl (C=O) groups is 1. The van der Waals surface area contributed by atoms with Crippen molar-refractivity contribution in [3.63, 3.8) is 0 Å². The fraction of sp³-hybridized carbons (Fsp3) is 0.385. The molecule has 20 heavy (non-hydrogen) atoms. The highest BCUT2D eigenvalue weighted by Crippen LogP contribution is 2.24. The second-order valence-electron chi connectivity index (χ2n) is 4.73. The average molecular weight is 293 g/mol. The minimum absolute atomic E-state index is 0.137. The predicted octanol–water partition coefficient (Wildman–Crippen LogP) is 0.249. The molecule has 1 aromatic carbocycles. The van der Waals surface area contributed by atoms with Crippen LogP contribution >= 0.6 is 0 Å². The Kier molecular flexibility index (Phi) is 4.06. The van der Waals surface area contributed by atoms with Crippen LogP contribution in [-0.2, 0) is 21.2 Å². The first-order valence-electron chi connectivity index (χ1n) is 6.20. The van der Waals surface area contributed by atoms with Crippen molar-refractivity contribution in [3.8, 4) is 6.07 Å². The van der Waals surface area contributed by atoms with Crippen molar-refractivity contribution in [2.45, 2.75) is 17.7 Å². The highest BCUT2D eigenvalue weighted by atomic mass is 32.2. The lowest BCUT2D eigenvalue weighted by Crippen LogP contribution is -2.31. The van der Waals surface area contributed by atoms with E-state index in [0.717, 1.165) is 5.56 Å². The summed E-state index contributed by atoms with van der Waals surface area (Å²) < 4.78 is 26.0. The largest absolute Gasteiger partial charge is 0.369 e. The molecule has 0 aliphatic carbocycles. The van der Waals surface area contributed by atoms with E-state index in [1.165, 1.54) is 16.4 Å². The second-order valence-corrected chi connectivity index (χ2v) is 6.67. The van der Waals surface area contributed by atoms with E-state index in [0.29, 0.717) is 13.0 Å². The van der Waals surface area contributed by atoms with Gasteiger partial charge in [-0.15, -0.1) is 0 Å². The molecule has 0 bridgehead atoms. The molecule has 2 N–H and O–H groups in total. The molecule has 7 heteroatoms. The average Bonchev–Trinajstić information content (AvgIpc) is 2.90. The number of carbonyl (C=O) groups excluding carboxylic acids is 1. The molecule has 0 aromatic heterocycles. The number of hydrogen-bond acceptors (Lipinski definition) is 4. The van der Waals surface area contributed by atoms with Crippen molar-refractivity contribution in [3.05, 3.63) is 29.8 Å². The molecule has 0 spiro atoms. The second kappa shape index (κ2) is 5.61. The van der Waals surface area contributed by atoms with E-state index in [4.69, 9.17) is 11.0 Å². The molecule has 1 heterocycles. The number of hydrogen-bond donors (Lipinski definition) is 1. The first-order valence-corrected chi connectivity index (χ1v) is 7.64. The lowest BCUT2D eigenvalue weighted by Gasteiger charge is -2.16. The normalized spacial score (nSPS) is 19.6. The fourth-order valence-corrected chi connectivity index (χ4v) is 3.70. The summed E-state index contributed by atoms with van der Waals surface area (Å²) in [5, 5.41) is 8.58. The van der Waals surface area contributed by atoms with Gasteiger partial charge in [-0.3, -0.25) is 4.79 Å². The van der Waals surface area contributed by atoms with E-state index in [-0.39, 0.29) is 17.9 Å². The maximum Gasteiger partial charge on any atom is 0.243 e. The Labute approximate surface area is 117 Å². The Morgan fingerprint density at radius 3 is 2.55 bits per heavy atom. The van der Waals surface area contributed by atoms with Gasteiger partial charge in [-0.1, -0.05) is 12.1 Å². The number of benzene rings is 1. The molecule has 1 aliphatic heterocycles. The van der Waals surface area contributed by atoms with Crippen molar-refractivity contribution < 1.29 is 13.2 Å². The molecule has 2 rings (SSSR count). The van der Waals surface area contributed by atoms with Crippen molar-refractivity contribution in [2.24, 2.45) is 11.7 Å². The van der Waals surface area contributed by atoms with Crippen LogP contribution in [0.4, 0.5) is 0 Å². The standard InChI is InChI=1S/C13H15N3O3S/c14-7-5-10-1-3-12(4-2-10)20(18,19)16-8-6-11(9-16)13(15)17/h1-4,11H,5-6,8-9H2,(H2,15,17). The number of amides is 1. The van der Waals surface area contributed by atoms with Crippen LogP contribution < -0.4 is 5.73 Å². The molecule has 0 radical (unpaired) electrons. The van der Waals surface area contributed by atoms with Gasteiger partial charge in [0.25, 0.3) is 0 Å². The summed E-state index contributed by atoms with van der Waals surface area (Å²) >= 11 is 0. The number of rotatable bonds is 4. The third-order valence-electron chi connectivity index (χ3n) is 3.40. The molecule has 1 atom stereocenters. The molecule has 1 unspecified atom stereocenters. The monoisotopic (exact) mass is 293 g/mol. The number of nitriles is 1. The van der Waals surface area contributed by atoms with Crippen molar-refractivity contribution >= 4 is 15.9 Å². The van der Waals surface area contributed by atoms with Crippen LogP contribution in [0.1, 0.15) is 12.0 Å². The number of nitrogens with two attached hydrogens (primary N) is 1. The minimum atomic E-state index is -3.59. The highest BCUT2D eigenvalue weighted by Gasteiger charge is 2.34. The van der Waals surface area contributed by atoms with Gasteiger partial charge in [-0.2, -0.15) is 9.57 Å². The third-order valence-corrected chi connectivity index (χ3v) is 5.28. The van der Waals surface area contributed by atoms with E-state index in [9.17, 15) is 13.2 Å². The molecule has 106 valence electrons. The molecule has 1 amide bonds. The molecule has 0 saturated carbocycles. The van der Waals surface area contributed by atoms with Gasteiger partial charge in [0.05, 0.1) is 23.3 Å². The summed E-state index contributed by atoms with van der Waals surface area (Å²) in [5.74, 6) is -0.880. The van der Waals surface area contributed by atoms with Crippen LogP contribution in [-0.4, -0.2) is 31.7 Å².